The summed E-state index contributed by atoms with van der Waals surface area (Å²) in [6, 6.07) is 1.38. The minimum Gasteiger partial charge on any atom is -0.207 e. The molecular formula is C12H14ClF3. The van der Waals surface area contributed by atoms with Crippen LogP contribution in [-0.2, 0) is 0 Å². The molecule has 0 aliphatic carbocycles. The van der Waals surface area contributed by atoms with Crippen molar-refractivity contribution in [2.24, 2.45) is 0 Å². The Kier molecular flexibility index (Phi) is 5.13. The third kappa shape index (κ3) is 3.41. The lowest BCUT2D eigenvalue weighted by Crippen LogP contribution is -1.99. The van der Waals surface area contributed by atoms with Gasteiger partial charge in [0.1, 0.15) is 5.82 Å². The van der Waals surface area contributed by atoms with E-state index in [0.717, 1.165) is 25.3 Å². The summed E-state index contributed by atoms with van der Waals surface area (Å²) in [7, 11) is 0. The second kappa shape index (κ2) is 6.14. The quantitative estimate of drug-likeness (QED) is 0.393. The molecule has 1 aromatic carbocycles. The molecule has 0 radical (unpaired) electrons. The lowest BCUT2D eigenvalue weighted by molar-refractivity contribution is 0.487. The molecule has 1 rings (SSSR count). The van der Waals surface area contributed by atoms with Gasteiger partial charge in [0.25, 0.3) is 0 Å². The van der Waals surface area contributed by atoms with E-state index in [-0.39, 0.29) is 5.56 Å². The first-order valence-electron chi connectivity index (χ1n) is 5.34. The number of hydrogen-bond donors (Lipinski definition) is 0. The van der Waals surface area contributed by atoms with Crippen LogP contribution in [0.1, 0.15) is 43.5 Å². The van der Waals surface area contributed by atoms with E-state index in [2.05, 4.69) is 0 Å². The molecule has 0 nitrogen and oxygen atoms in total. The van der Waals surface area contributed by atoms with E-state index in [0.29, 0.717) is 12.5 Å². The van der Waals surface area contributed by atoms with Gasteiger partial charge < -0.3 is 0 Å². The van der Waals surface area contributed by atoms with E-state index in [1.807, 2.05) is 6.92 Å². The zero-order valence-corrected chi connectivity index (χ0v) is 9.83. The molecule has 0 aliphatic rings. The maximum absolute atomic E-state index is 13.3. The van der Waals surface area contributed by atoms with E-state index in [4.69, 9.17) is 11.6 Å². The van der Waals surface area contributed by atoms with Crippen LogP contribution in [0.25, 0.3) is 0 Å². The smallest absolute Gasteiger partial charge is 0.161 e. The fourth-order valence-electron chi connectivity index (χ4n) is 1.51. The molecule has 0 bridgehead atoms. The summed E-state index contributed by atoms with van der Waals surface area (Å²) in [6.45, 7) is 2.04. The monoisotopic (exact) mass is 250 g/mol. The molecule has 0 saturated carbocycles. The number of halogens is 4. The Balaban J connectivity index is 2.75. The Morgan fingerprint density at radius 3 is 2.31 bits per heavy atom. The summed E-state index contributed by atoms with van der Waals surface area (Å²) in [6.07, 6.45) is 3.44. The number of alkyl halides is 1. The lowest BCUT2D eigenvalue weighted by atomic mass is 10.0. The highest BCUT2D eigenvalue weighted by Gasteiger charge is 2.16. The van der Waals surface area contributed by atoms with E-state index >= 15 is 0 Å². The minimum atomic E-state index is -1.18. The molecular weight excluding hydrogens is 237 g/mol. The molecule has 0 heterocycles. The molecule has 0 spiro atoms. The highest BCUT2D eigenvalue weighted by Crippen LogP contribution is 2.29. The Morgan fingerprint density at radius 2 is 1.69 bits per heavy atom. The predicted molar refractivity (Wildman–Crippen MR) is 59.1 cm³/mol. The number of unbranched alkanes of at least 4 members (excludes halogenated alkanes) is 2. The van der Waals surface area contributed by atoms with Crippen LogP contribution in [0.4, 0.5) is 13.2 Å². The molecule has 4 heteroatoms. The molecule has 1 atom stereocenters. The summed E-state index contributed by atoms with van der Waals surface area (Å²) in [4.78, 5) is 0. The van der Waals surface area contributed by atoms with Crippen LogP contribution in [0, 0.1) is 17.5 Å². The van der Waals surface area contributed by atoms with Gasteiger partial charge in [-0.1, -0.05) is 26.2 Å². The van der Waals surface area contributed by atoms with Gasteiger partial charge in [0.15, 0.2) is 11.6 Å². The lowest BCUT2D eigenvalue weighted by Gasteiger charge is -2.10. The number of benzene rings is 1. The second-order valence-electron chi connectivity index (χ2n) is 3.75. The normalized spacial score (nSPS) is 12.8. The first-order valence-corrected chi connectivity index (χ1v) is 5.78. The molecule has 0 fully saturated rings. The van der Waals surface area contributed by atoms with E-state index in [1.54, 1.807) is 0 Å². The zero-order valence-electron chi connectivity index (χ0n) is 9.07. The average molecular weight is 251 g/mol. The van der Waals surface area contributed by atoms with Crippen molar-refractivity contribution in [3.8, 4) is 0 Å². The van der Waals surface area contributed by atoms with Gasteiger partial charge in [-0.2, -0.15) is 0 Å². The molecule has 0 saturated heterocycles. The van der Waals surface area contributed by atoms with Crippen molar-refractivity contribution in [3.63, 3.8) is 0 Å². The molecule has 1 aromatic rings. The third-order valence-electron chi connectivity index (χ3n) is 2.44. The van der Waals surface area contributed by atoms with Crippen molar-refractivity contribution in [1.29, 1.82) is 0 Å². The van der Waals surface area contributed by atoms with Gasteiger partial charge in [-0.15, -0.1) is 11.6 Å². The molecule has 0 amide bonds. The first-order chi connectivity index (χ1) is 7.56. The summed E-state index contributed by atoms with van der Waals surface area (Å²) >= 11 is 5.94. The number of hydrogen-bond acceptors (Lipinski definition) is 0. The van der Waals surface area contributed by atoms with Gasteiger partial charge in [0.05, 0.1) is 5.38 Å². The van der Waals surface area contributed by atoms with Crippen LogP contribution >= 0.6 is 11.6 Å². The van der Waals surface area contributed by atoms with Gasteiger partial charge in [-0.25, -0.2) is 13.2 Å². The van der Waals surface area contributed by atoms with E-state index < -0.39 is 22.8 Å². The first kappa shape index (κ1) is 13.4. The van der Waals surface area contributed by atoms with E-state index in [1.165, 1.54) is 0 Å². The average Bonchev–Trinajstić information content (AvgIpc) is 2.23. The second-order valence-corrected chi connectivity index (χ2v) is 4.28. The minimum absolute atomic E-state index is 0.0386. The zero-order chi connectivity index (χ0) is 12.1. The predicted octanol–water partition coefficient (Wildman–Crippen LogP) is 4.96. The Hall–Kier alpha value is -0.700. The third-order valence-corrected chi connectivity index (χ3v) is 2.89. The topological polar surface area (TPSA) is 0 Å². The van der Waals surface area contributed by atoms with Crippen molar-refractivity contribution in [1.82, 2.24) is 0 Å². The largest absolute Gasteiger partial charge is 0.207 e. The van der Waals surface area contributed by atoms with Crippen LogP contribution in [0.15, 0.2) is 12.1 Å². The fraction of sp³-hybridized carbons (Fsp3) is 0.500. The van der Waals surface area contributed by atoms with Gasteiger partial charge >= 0.3 is 0 Å². The molecule has 0 aliphatic heterocycles. The van der Waals surface area contributed by atoms with Crippen molar-refractivity contribution in [3.05, 3.63) is 35.1 Å². The molecule has 16 heavy (non-hydrogen) atoms. The maximum Gasteiger partial charge on any atom is 0.161 e. The fourth-order valence-corrected chi connectivity index (χ4v) is 1.83. The molecule has 0 aromatic heterocycles. The van der Waals surface area contributed by atoms with Crippen LogP contribution in [0.2, 0.25) is 0 Å². The van der Waals surface area contributed by atoms with Crippen LogP contribution in [0.3, 0.4) is 0 Å². The Morgan fingerprint density at radius 1 is 1.06 bits per heavy atom. The van der Waals surface area contributed by atoms with Gasteiger partial charge in [-0.05, 0) is 12.5 Å². The molecule has 90 valence electrons. The SMILES string of the molecule is CCCCCC(Cl)c1cc(F)c(F)cc1F. The molecule has 1 unspecified atom stereocenters. The van der Waals surface area contributed by atoms with Crippen molar-refractivity contribution >= 4 is 11.6 Å². The van der Waals surface area contributed by atoms with Gasteiger partial charge in [0, 0.05) is 11.6 Å². The van der Waals surface area contributed by atoms with Gasteiger partial charge in [-0.3, -0.25) is 0 Å². The Bertz CT molecular complexity index is 352. The van der Waals surface area contributed by atoms with Gasteiger partial charge in [0.2, 0.25) is 0 Å². The standard InChI is InChI=1S/C12H14ClF3/c1-2-3-4-5-9(13)8-6-11(15)12(16)7-10(8)14/h6-7,9H,2-5H2,1H3. The highest BCUT2D eigenvalue weighted by atomic mass is 35.5. The van der Waals surface area contributed by atoms with Crippen molar-refractivity contribution in [2.75, 3.05) is 0 Å². The van der Waals surface area contributed by atoms with Crippen molar-refractivity contribution in [2.45, 2.75) is 38.0 Å². The summed E-state index contributed by atoms with van der Waals surface area (Å²) in [5.41, 5.74) is 0.0386. The summed E-state index contributed by atoms with van der Waals surface area (Å²) in [5.74, 6) is -3.02. The van der Waals surface area contributed by atoms with Crippen LogP contribution in [-0.4, -0.2) is 0 Å². The maximum atomic E-state index is 13.3. The Labute approximate surface area is 98.4 Å². The van der Waals surface area contributed by atoms with Crippen LogP contribution in [0.5, 0.6) is 0 Å². The number of rotatable bonds is 5. The summed E-state index contributed by atoms with van der Waals surface area (Å²) < 4.78 is 38.9. The summed E-state index contributed by atoms with van der Waals surface area (Å²) in [5, 5.41) is -0.596. The van der Waals surface area contributed by atoms with Crippen LogP contribution < -0.4 is 0 Å². The molecule has 0 N–H and O–H groups in total. The van der Waals surface area contributed by atoms with E-state index in [9.17, 15) is 13.2 Å². The highest BCUT2D eigenvalue weighted by molar-refractivity contribution is 6.20. The van der Waals surface area contributed by atoms with Crippen molar-refractivity contribution < 1.29 is 13.2 Å².